The van der Waals surface area contributed by atoms with Crippen molar-refractivity contribution < 1.29 is 27.9 Å². The zero-order valence-electron chi connectivity index (χ0n) is 14.9. The number of hydrogen-bond donors (Lipinski definition) is 2. The molecule has 0 saturated carbocycles. The number of amides is 1. The molecular formula is C18H18F3N3O3. The molecule has 2 atom stereocenters. The van der Waals surface area contributed by atoms with E-state index in [0.29, 0.717) is 5.56 Å². The van der Waals surface area contributed by atoms with Gasteiger partial charge >= 0.3 is 5.97 Å². The second kappa shape index (κ2) is 6.40. The molecule has 0 saturated heterocycles. The fourth-order valence-corrected chi connectivity index (χ4v) is 3.82. The molecule has 0 bridgehead atoms. The van der Waals surface area contributed by atoms with Crippen LogP contribution in [0.15, 0.2) is 18.3 Å². The maximum absolute atomic E-state index is 14.4. The van der Waals surface area contributed by atoms with E-state index >= 15 is 0 Å². The molecule has 2 N–H and O–H groups in total. The average molecular weight is 381 g/mol. The van der Waals surface area contributed by atoms with Crippen molar-refractivity contribution in [3.63, 3.8) is 0 Å². The van der Waals surface area contributed by atoms with Crippen LogP contribution < -0.4 is 5.32 Å². The zero-order valence-corrected chi connectivity index (χ0v) is 14.9. The van der Waals surface area contributed by atoms with Crippen LogP contribution in [0.2, 0.25) is 0 Å². The first kappa shape index (κ1) is 18.9. The van der Waals surface area contributed by atoms with Gasteiger partial charge in [-0.1, -0.05) is 6.92 Å². The molecule has 0 fully saturated rings. The summed E-state index contributed by atoms with van der Waals surface area (Å²) in [4.78, 5) is 24.2. The van der Waals surface area contributed by atoms with Crippen LogP contribution in [0.4, 0.5) is 18.9 Å². The van der Waals surface area contributed by atoms with E-state index in [1.807, 2.05) is 0 Å². The van der Waals surface area contributed by atoms with E-state index in [4.69, 9.17) is 0 Å². The summed E-state index contributed by atoms with van der Waals surface area (Å²) in [6.07, 6.45) is -1.60. The lowest BCUT2D eigenvalue weighted by molar-refractivity contribution is -0.143. The van der Waals surface area contributed by atoms with Crippen LogP contribution in [-0.4, -0.2) is 26.8 Å². The summed E-state index contributed by atoms with van der Waals surface area (Å²) in [5.41, 5.74) is -1.79. The van der Waals surface area contributed by atoms with Gasteiger partial charge in [-0.2, -0.15) is 5.10 Å². The highest BCUT2D eigenvalue weighted by atomic mass is 19.3. The number of nitrogens with one attached hydrogen (secondary N) is 1. The SMILES string of the molecule is C[C@H]1C[C@@](C)(C(=O)O)c2c(F)ccc(NC(=O)c3cn(C)nc3C(F)F)c21. The largest absolute Gasteiger partial charge is 0.481 e. The van der Waals surface area contributed by atoms with E-state index in [1.165, 1.54) is 26.2 Å². The molecule has 0 radical (unpaired) electrons. The number of anilines is 1. The summed E-state index contributed by atoms with van der Waals surface area (Å²) in [7, 11) is 1.42. The van der Waals surface area contributed by atoms with E-state index in [0.717, 1.165) is 10.7 Å². The summed E-state index contributed by atoms with van der Waals surface area (Å²) in [5.74, 6) is -2.99. The Morgan fingerprint density at radius 3 is 2.67 bits per heavy atom. The van der Waals surface area contributed by atoms with Gasteiger partial charge in [0, 0.05) is 24.5 Å². The Morgan fingerprint density at radius 2 is 2.07 bits per heavy atom. The molecule has 27 heavy (non-hydrogen) atoms. The number of aryl methyl sites for hydroxylation is 1. The number of carbonyl (C=O) groups is 2. The molecule has 1 amide bonds. The minimum Gasteiger partial charge on any atom is -0.481 e. The smallest absolute Gasteiger partial charge is 0.313 e. The second-order valence-electron chi connectivity index (χ2n) is 6.98. The number of carboxylic acid groups (broad SMARTS) is 1. The Morgan fingerprint density at radius 1 is 1.41 bits per heavy atom. The van der Waals surface area contributed by atoms with Crippen LogP contribution in [0.1, 0.15) is 59.8 Å². The third-order valence-corrected chi connectivity index (χ3v) is 4.98. The molecule has 1 aromatic carbocycles. The fourth-order valence-electron chi connectivity index (χ4n) is 3.82. The van der Waals surface area contributed by atoms with Gasteiger partial charge in [0.25, 0.3) is 12.3 Å². The highest BCUT2D eigenvalue weighted by molar-refractivity contribution is 6.05. The van der Waals surface area contributed by atoms with Crippen LogP contribution in [0.3, 0.4) is 0 Å². The Bertz CT molecular complexity index is 941. The number of hydrogen-bond acceptors (Lipinski definition) is 3. The summed E-state index contributed by atoms with van der Waals surface area (Å²) in [6.45, 7) is 3.17. The van der Waals surface area contributed by atoms with Crippen molar-refractivity contribution >= 4 is 17.6 Å². The van der Waals surface area contributed by atoms with Crippen molar-refractivity contribution in [2.24, 2.45) is 7.05 Å². The number of nitrogens with zero attached hydrogens (tertiary/aromatic N) is 2. The lowest BCUT2D eigenvalue weighted by atomic mass is 9.83. The standard InChI is InChI=1S/C18H18F3N3O3/c1-8-6-18(2,17(26)27)13-10(19)4-5-11(12(8)13)22-16(25)9-7-24(3)23-14(9)15(20)21/h4-5,7-8,15H,6H2,1-3H3,(H,22,25)(H,26,27)/t8-,18+/m0/s1. The van der Waals surface area contributed by atoms with Crippen LogP contribution in [0.5, 0.6) is 0 Å². The number of aromatic nitrogens is 2. The van der Waals surface area contributed by atoms with Crippen LogP contribution in [-0.2, 0) is 17.3 Å². The van der Waals surface area contributed by atoms with Gasteiger partial charge in [0.05, 0.1) is 11.0 Å². The molecule has 0 unspecified atom stereocenters. The van der Waals surface area contributed by atoms with Crippen molar-refractivity contribution in [3.8, 4) is 0 Å². The van der Waals surface area contributed by atoms with E-state index in [-0.39, 0.29) is 29.2 Å². The van der Waals surface area contributed by atoms with Crippen LogP contribution >= 0.6 is 0 Å². The van der Waals surface area contributed by atoms with Gasteiger partial charge in [-0.25, -0.2) is 13.2 Å². The van der Waals surface area contributed by atoms with Gasteiger partial charge < -0.3 is 10.4 Å². The molecule has 0 spiro atoms. The molecule has 2 aromatic rings. The predicted octanol–water partition coefficient (Wildman–Crippen LogP) is 3.60. The number of alkyl halides is 2. The molecule has 6 nitrogen and oxygen atoms in total. The predicted molar refractivity (Wildman–Crippen MR) is 90.5 cm³/mol. The number of halogens is 3. The lowest BCUT2D eigenvalue weighted by Crippen LogP contribution is -2.30. The summed E-state index contributed by atoms with van der Waals surface area (Å²) in [5, 5.41) is 15.7. The maximum atomic E-state index is 14.4. The Hall–Kier alpha value is -2.84. The molecule has 9 heteroatoms. The lowest BCUT2D eigenvalue weighted by Gasteiger charge is -2.21. The van der Waals surface area contributed by atoms with Crippen molar-refractivity contribution in [2.45, 2.75) is 38.0 Å². The van der Waals surface area contributed by atoms with Crippen molar-refractivity contribution in [2.75, 3.05) is 5.32 Å². The van der Waals surface area contributed by atoms with Crippen LogP contribution in [0, 0.1) is 5.82 Å². The van der Waals surface area contributed by atoms with Gasteiger partial charge in [-0.05, 0) is 37.0 Å². The summed E-state index contributed by atoms with van der Waals surface area (Å²) >= 11 is 0. The van der Waals surface area contributed by atoms with E-state index in [1.54, 1.807) is 6.92 Å². The zero-order chi connectivity index (χ0) is 20.1. The first-order chi connectivity index (χ1) is 12.6. The topological polar surface area (TPSA) is 84.2 Å². The Balaban J connectivity index is 2.05. The molecule has 144 valence electrons. The minimum atomic E-state index is -2.93. The molecule has 1 aromatic heterocycles. The first-order valence-corrected chi connectivity index (χ1v) is 8.25. The third kappa shape index (κ3) is 2.96. The molecule has 3 rings (SSSR count). The number of rotatable bonds is 4. The summed E-state index contributed by atoms with van der Waals surface area (Å²) in [6, 6.07) is 2.39. The molecule has 1 heterocycles. The second-order valence-corrected chi connectivity index (χ2v) is 6.98. The van der Waals surface area contributed by atoms with Gasteiger partial charge in [0.2, 0.25) is 0 Å². The Labute approximate surface area is 153 Å². The van der Waals surface area contributed by atoms with E-state index < -0.39 is 35.2 Å². The Kier molecular flexibility index (Phi) is 4.49. The highest BCUT2D eigenvalue weighted by Gasteiger charge is 2.47. The maximum Gasteiger partial charge on any atom is 0.313 e. The quantitative estimate of drug-likeness (QED) is 0.848. The van der Waals surface area contributed by atoms with E-state index in [2.05, 4.69) is 10.4 Å². The summed E-state index contributed by atoms with van der Waals surface area (Å²) < 4.78 is 41.7. The molecule has 1 aliphatic rings. The molecule has 1 aliphatic carbocycles. The van der Waals surface area contributed by atoms with Crippen molar-refractivity contribution in [1.82, 2.24) is 9.78 Å². The average Bonchev–Trinajstić information content (AvgIpc) is 3.10. The van der Waals surface area contributed by atoms with E-state index in [9.17, 15) is 27.9 Å². The molecular weight excluding hydrogens is 363 g/mol. The number of aliphatic carboxylic acids is 1. The van der Waals surface area contributed by atoms with Crippen molar-refractivity contribution in [1.29, 1.82) is 0 Å². The number of fused-ring (bicyclic) bond motifs is 1. The van der Waals surface area contributed by atoms with Gasteiger partial charge in [0.1, 0.15) is 11.5 Å². The van der Waals surface area contributed by atoms with Crippen molar-refractivity contribution in [3.05, 3.63) is 46.5 Å². The number of benzene rings is 1. The third-order valence-electron chi connectivity index (χ3n) is 4.98. The van der Waals surface area contributed by atoms with Gasteiger partial charge in [-0.15, -0.1) is 0 Å². The first-order valence-electron chi connectivity index (χ1n) is 8.25. The normalized spacial score (nSPS) is 21.4. The number of carboxylic acids is 1. The van der Waals surface area contributed by atoms with Gasteiger partial charge in [0.15, 0.2) is 0 Å². The highest BCUT2D eigenvalue weighted by Crippen LogP contribution is 2.50. The number of carbonyl (C=O) groups excluding carboxylic acids is 1. The minimum absolute atomic E-state index is 0.0144. The van der Waals surface area contributed by atoms with Crippen LogP contribution in [0.25, 0.3) is 0 Å². The monoisotopic (exact) mass is 381 g/mol. The molecule has 0 aliphatic heterocycles. The van der Waals surface area contributed by atoms with Gasteiger partial charge in [-0.3, -0.25) is 14.3 Å². The fraction of sp³-hybridized carbons (Fsp3) is 0.389.